The first-order chi connectivity index (χ1) is 8.61. The highest BCUT2D eigenvalue weighted by molar-refractivity contribution is 9.11. The maximum absolute atomic E-state index is 6.03. The third kappa shape index (κ3) is 2.93. The Morgan fingerprint density at radius 3 is 2.56 bits per heavy atom. The Kier molecular flexibility index (Phi) is 4.42. The number of rotatable bonds is 3. The van der Waals surface area contributed by atoms with Gasteiger partial charge in [0.2, 0.25) is 0 Å². The number of anilines is 3. The van der Waals surface area contributed by atoms with Crippen molar-refractivity contribution >= 4 is 60.8 Å². The minimum Gasteiger partial charge on any atom is -0.372 e. The summed E-state index contributed by atoms with van der Waals surface area (Å²) in [6.45, 7) is 0. The molecule has 0 unspecified atom stereocenters. The minimum atomic E-state index is 0.638. The minimum absolute atomic E-state index is 0.638. The largest absolute Gasteiger partial charge is 0.372 e. The van der Waals surface area contributed by atoms with Crippen molar-refractivity contribution in [3.8, 4) is 0 Å². The van der Waals surface area contributed by atoms with Crippen LogP contribution in [0.4, 0.5) is 17.3 Å². The van der Waals surface area contributed by atoms with E-state index in [0.717, 1.165) is 20.5 Å². The van der Waals surface area contributed by atoms with Crippen LogP contribution in [0.2, 0.25) is 5.02 Å². The van der Waals surface area contributed by atoms with Gasteiger partial charge in [0.05, 0.1) is 5.02 Å². The van der Waals surface area contributed by atoms with E-state index in [0.29, 0.717) is 10.8 Å². The van der Waals surface area contributed by atoms with Crippen LogP contribution < -0.4 is 10.6 Å². The van der Waals surface area contributed by atoms with Crippen LogP contribution in [0.25, 0.3) is 0 Å². The summed E-state index contributed by atoms with van der Waals surface area (Å²) >= 11 is 12.8. The Labute approximate surface area is 126 Å². The standard InChI is InChI=1S/C11H9Br2ClN4/c1-15-10-9(13)11(17-5-16-10)18-6-2-3-7(12)8(14)4-6/h2-5H,1H3,(H2,15,16,17,18). The van der Waals surface area contributed by atoms with Gasteiger partial charge in [-0.25, -0.2) is 9.97 Å². The van der Waals surface area contributed by atoms with Gasteiger partial charge in [-0.1, -0.05) is 11.6 Å². The van der Waals surface area contributed by atoms with Crippen molar-refractivity contribution in [2.75, 3.05) is 17.7 Å². The number of nitrogens with one attached hydrogen (secondary N) is 2. The summed E-state index contributed by atoms with van der Waals surface area (Å²) in [6, 6.07) is 5.60. The van der Waals surface area contributed by atoms with E-state index in [4.69, 9.17) is 11.6 Å². The zero-order chi connectivity index (χ0) is 13.1. The van der Waals surface area contributed by atoms with Crippen molar-refractivity contribution in [2.24, 2.45) is 0 Å². The second kappa shape index (κ2) is 5.86. The average molecular weight is 392 g/mol. The number of hydrogen-bond donors (Lipinski definition) is 2. The Bertz CT molecular complexity index is 577. The molecule has 0 aliphatic carbocycles. The third-order valence-corrected chi connectivity index (χ3v) is 4.19. The zero-order valence-corrected chi connectivity index (χ0v) is 13.3. The topological polar surface area (TPSA) is 49.8 Å². The molecule has 2 rings (SSSR count). The molecule has 0 saturated carbocycles. The highest BCUT2D eigenvalue weighted by atomic mass is 79.9. The Morgan fingerprint density at radius 1 is 1.17 bits per heavy atom. The lowest BCUT2D eigenvalue weighted by Crippen LogP contribution is -2.00. The van der Waals surface area contributed by atoms with E-state index in [9.17, 15) is 0 Å². The molecule has 18 heavy (non-hydrogen) atoms. The summed E-state index contributed by atoms with van der Waals surface area (Å²) in [5.41, 5.74) is 0.852. The molecule has 0 radical (unpaired) electrons. The molecule has 1 aromatic carbocycles. The molecule has 1 heterocycles. The molecule has 0 atom stereocenters. The molecule has 0 aliphatic rings. The average Bonchev–Trinajstić information content (AvgIpc) is 2.36. The first-order valence-electron chi connectivity index (χ1n) is 5.02. The van der Waals surface area contributed by atoms with Crippen molar-refractivity contribution in [3.05, 3.63) is 38.5 Å². The van der Waals surface area contributed by atoms with Crippen LogP contribution in [0, 0.1) is 0 Å². The van der Waals surface area contributed by atoms with Gasteiger partial charge in [-0.3, -0.25) is 0 Å². The molecular weight excluding hydrogens is 383 g/mol. The molecule has 0 amide bonds. The van der Waals surface area contributed by atoms with E-state index >= 15 is 0 Å². The molecule has 0 saturated heterocycles. The predicted molar refractivity (Wildman–Crippen MR) is 81.7 cm³/mol. The van der Waals surface area contributed by atoms with Crippen molar-refractivity contribution in [3.63, 3.8) is 0 Å². The maximum Gasteiger partial charge on any atom is 0.150 e. The number of hydrogen-bond acceptors (Lipinski definition) is 4. The lowest BCUT2D eigenvalue weighted by atomic mass is 10.3. The van der Waals surface area contributed by atoms with Gasteiger partial charge in [0, 0.05) is 17.2 Å². The summed E-state index contributed by atoms with van der Waals surface area (Å²) in [4.78, 5) is 8.26. The van der Waals surface area contributed by atoms with E-state index in [2.05, 4.69) is 52.5 Å². The fraction of sp³-hybridized carbons (Fsp3) is 0.0909. The number of nitrogens with zero attached hydrogens (tertiary/aromatic N) is 2. The molecule has 1 aromatic heterocycles. The van der Waals surface area contributed by atoms with Crippen molar-refractivity contribution in [1.29, 1.82) is 0 Å². The van der Waals surface area contributed by atoms with Crippen LogP contribution in [0.3, 0.4) is 0 Å². The summed E-state index contributed by atoms with van der Waals surface area (Å²) in [7, 11) is 1.80. The summed E-state index contributed by atoms with van der Waals surface area (Å²) in [6.07, 6.45) is 1.49. The second-order valence-electron chi connectivity index (χ2n) is 3.39. The fourth-order valence-electron chi connectivity index (χ4n) is 1.34. The molecular formula is C11H9Br2ClN4. The SMILES string of the molecule is CNc1ncnc(Nc2ccc(Br)c(Cl)c2)c1Br. The van der Waals surface area contributed by atoms with Crippen LogP contribution in [0.15, 0.2) is 33.5 Å². The van der Waals surface area contributed by atoms with Gasteiger partial charge in [-0.15, -0.1) is 0 Å². The van der Waals surface area contributed by atoms with E-state index in [1.165, 1.54) is 6.33 Å². The van der Waals surface area contributed by atoms with Gasteiger partial charge >= 0.3 is 0 Å². The molecule has 4 nitrogen and oxygen atoms in total. The van der Waals surface area contributed by atoms with E-state index in [-0.39, 0.29) is 0 Å². The van der Waals surface area contributed by atoms with Crippen LogP contribution in [0.5, 0.6) is 0 Å². The van der Waals surface area contributed by atoms with Gasteiger partial charge in [0.25, 0.3) is 0 Å². The summed E-state index contributed by atoms with van der Waals surface area (Å²) < 4.78 is 1.62. The predicted octanol–water partition coefficient (Wildman–Crippen LogP) is 4.44. The van der Waals surface area contributed by atoms with Crippen LogP contribution in [0.1, 0.15) is 0 Å². The van der Waals surface area contributed by atoms with Gasteiger partial charge in [0.15, 0.2) is 0 Å². The smallest absolute Gasteiger partial charge is 0.150 e. The zero-order valence-electron chi connectivity index (χ0n) is 9.34. The van der Waals surface area contributed by atoms with Crippen LogP contribution >= 0.6 is 43.5 Å². The molecule has 94 valence electrons. The van der Waals surface area contributed by atoms with Crippen molar-refractivity contribution in [2.45, 2.75) is 0 Å². The number of benzene rings is 1. The Hall–Kier alpha value is -0.850. The monoisotopic (exact) mass is 390 g/mol. The molecule has 0 spiro atoms. The van der Waals surface area contributed by atoms with E-state index in [1.807, 2.05) is 18.2 Å². The fourth-order valence-corrected chi connectivity index (χ4v) is 2.27. The highest BCUT2D eigenvalue weighted by Gasteiger charge is 2.08. The number of aromatic nitrogens is 2. The lowest BCUT2D eigenvalue weighted by Gasteiger charge is -2.10. The maximum atomic E-state index is 6.03. The molecule has 2 N–H and O–H groups in total. The number of halogens is 3. The normalized spacial score (nSPS) is 10.2. The molecule has 7 heteroatoms. The molecule has 0 aliphatic heterocycles. The second-order valence-corrected chi connectivity index (χ2v) is 5.44. The molecule has 0 fully saturated rings. The van der Waals surface area contributed by atoms with Gasteiger partial charge < -0.3 is 10.6 Å². The van der Waals surface area contributed by atoms with Crippen LogP contribution in [-0.2, 0) is 0 Å². The van der Waals surface area contributed by atoms with E-state index in [1.54, 1.807) is 7.05 Å². The molecule has 2 aromatic rings. The van der Waals surface area contributed by atoms with Gasteiger partial charge in [-0.2, -0.15) is 0 Å². The summed E-state index contributed by atoms with van der Waals surface area (Å²) in [5.74, 6) is 1.39. The summed E-state index contributed by atoms with van der Waals surface area (Å²) in [5, 5.41) is 6.78. The lowest BCUT2D eigenvalue weighted by molar-refractivity contribution is 1.14. The quantitative estimate of drug-likeness (QED) is 0.811. The first kappa shape index (κ1) is 13.6. The van der Waals surface area contributed by atoms with Gasteiger partial charge in [0.1, 0.15) is 22.4 Å². The first-order valence-corrected chi connectivity index (χ1v) is 6.98. The highest BCUT2D eigenvalue weighted by Crippen LogP contribution is 2.31. The van der Waals surface area contributed by atoms with Crippen molar-refractivity contribution in [1.82, 2.24) is 9.97 Å². The van der Waals surface area contributed by atoms with Gasteiger partial charge in [-0.05, 0) is 50.1 Å². The van der Waals surface area contributed by atoms with Crippen LogP contribution in [-0.4, -0.2) is 17.0 Å². The van der Waals surface area contributed by atoms with Crippen molar-refractivity contribution < 1.29 is 0 Å². The molecule has 0 bridgehead atoms. The Balaban J connectivity index is 2.31. The van der Waals surface area contributed by atoms with E-state index < -0.39 is 0 Å². The third-order valence-electron chi connectivity index (χ3n) is 2.21. The Morgan fingerprint density at radius 2 is 1.89 bits per heavy atom.